The van der Waals surface area contributed by atoms with Crippen molar-refractivity contribution in [3.63, 3.8) is 0 Å². The largest absolute Gasteiger partial charge is 0.461 e. The van der Waals surface area contributed by atoms with Crippen molar-refractivity contribution >= 4 is 37.3 Å². The predicted molar refractivity (Wildman–Crippen MR) is 106 cm³/mol. The van der Waals surface area contributed by atoms with Gasteiger partial charge in [-0.25, -0.2) is 13.2 Å². The second-order valence-corrected chi connectivity index (χ2v) is 10.3. The molecule has 0 N–H and O–H groups in total. The summed E-state index contributed by atoms with van der Waals surface area (Å²) >= 11 is 0. The van der Waals surface area contributed by atoms with Crippen molar-refractivity contribution in [1.29, 1.82) is 0 Å². The maximum Gasteiger partial charge on any atom is 0.342 e. The average molecular weight is 513 g/mol. The van der Waals surface area contributed by atoms with Crippen LogP contribution < -0.4 is 4.74 Å². The van der Waals surface area contributed by atoms with Crippen LogP contribution in [0.4, 0.5) is 5.69 Å². The molecule has 0 fully saturated rings. The smallest absolute Gasteiger partial charge is 0.342 e. The normalized spacial score (nSPS) is 11.7. The minimum atomic E-state index is -3.40. The number of non-ortho nitro benzene ring substituents is 1. The van der Waals surface area contributed by atoms with Crippen molar-refractivity contribution in [3.8, 4) is 5.75 Å². The van der Waals surface area contributed by atoms with Crippen LogP contribution in [0.3, 0.4) is 0 Å². The van der Waals surface area contributed by atoms with Gasteiger partial charge in [0.2, 0.25) is 0 Å². The van der Waals surface area contributed by atoms with E-state index in [1.807, 2.05) is 0 Å². The Morgan fingerprint density at radius 3 is 2.33 bits per heavy atom. The maximum absolute atomic E-state index is 12.3. The summed E-state index contributed by atoms with van der Waals surface area (Å²) in [7, 11) is -2.92. The van der Waals surface area contributed by atoms with E-state index in [0.29, 0.717) is 10.8 Å². The molecule has 182 valence electrons. The number of nitro groups is 1. The zero-order chi connectivity index (χ0) is 25.2. The first-order valence-corrected chi connectivity index (χ1v) is 11.8. The summed E-state index contributed by atoms with van der Waals surface area (Å²) in [6, 6.07) is 2.50. The highest BCUT2D eigenvalue weighted by atomic mass is 33.1. The predicted octanol–water partition coefficient (Wildman–Crippen LogP) is 0.525. The monoisotopic (exact) mass is 513 g/mol. The molecule has 1 rings (SSSR count). The van der Waals surface area contributed by atoms with Crippen molar-refractivity contribution in [2.24, 2.45) is 0 Å². The average Bonchev–Trinajstić information content (AvgIpc) is 2.68. The van der Waals surface area contributed by atoms with Gasteiger partial charge in [0, 0.05) is 24.1 Å². The highest BCUT2D eigenvalue weighted by molar-refractivity contribution is 8.71. The van der Waals surface area contributed by atoms with Gasteiger partial charge in [0.1, 0.15) is 30.6 Å². The van der Waals surface area contributed by atoms with E-state index in [9.17, 15) is 48.3 Å². The Balaban J connectivity index is 2.97. The number of nitrogens with zero attached hydrogens (tertiary/aromatic N) is 3. The van der Waals surface area contributed by atoms with E-state index in [0.717, 1.165) is 24.5 Å². The molecule has 19 heteroatoms. The first-order valence-electron chi connectivity index (χ1n) is 8.37. The van der Waals surface area contributed by atoms with Gasteiger partial charge in [-0.1, -0.05) is 0 Å². The topological polar surface area (TPSA) is 235 Å². The van der Waals surface area contributed by atoms with E-state index in [1.165, 1.54) is 0 Å². The Bertz CT molecular complexity index is 1030. The van der Waals surface area contributed by atoms with Crippen LogP contribution >= 0.6 is 10.8 Å². The van der Waals surface area contributed by atoms with Gasteiger partial charge < -0.3 is 19.1 Å². The lowest BCUT2D eigenvalue weighted by Crippen LogP contribution is -2.29. The summed E-state index contributed by atoms with van der Waals surface area (Å²) in [6.45, 7) is -1.39. The Kier molecular flexibility index (Phi) is 10.2. The second-order valence-electron chi connectivity index (χ2n) is 5.75. The molecular weight excluding hydrogens is 498 g/mol. The Morgan fingerprint density at radius 1 is 1.12 bits per heavy atom. The summed E-state index contributed by atoms with van der Waals surface area (Å²) < 4.78 is 31.9. The van der Waals surface area contributed by atoms with Crippen LogP contribution in [-0.2, 0) is 28.1 Å². The minimum absolute atomic E-state index is 0.148. The fraction of sp³-hybridized carbons (Fsp3) is 0.429. The SMILES string of the molecule is CS(=O)(=O)SCCOC(=O)c1cc([N+](=O)[O-])ccc1OC(=O)CC(CO[N+](=O)[O-])O[N+](=O)[O-]. The van der Waals surface area contributed by atoms with Crippen molar-refractivity contribution < 1.29 is 52.3 Å². The molecule has 0 aliphatic heterocycles. The van der Waals surface area contributed by atoms with Crippen LogP contribution in [0.25, 0.3) is 0 Å². The highest BCUT2D eigenvalue weighted by Gasteiger charge is 2.25. The molecule has 1 atom stereocenters. The third-order valence-electron chi connectivity index (χ3n) is 3.23. The summed E-state index contributed by atoms with van der Waals surface area (Å²) in [5.41, 5.74) is -1.14. The van der Waals surface area contributed by atoms with Gasteiger partial charge in [0.15, 0.2) is 8.87 Å². The van der Waals surface area contributed by atoms with Gasteiger partial charge in [-0.15, -0.1) is 20.2 Å². The molecule has 0 saturated heterocycles. The third kappa shape index (κ3) is 10.9. The standard InChI is InChI=1S/C14H15N3O14S2/c1-33(26,27)32-5-4-28-14(19)11-6-9(15(20)21)2-3-12(11)30-13(18)7-10(31-17(24)25)8-29-16(22)23/h2-3,6,10H,4-5,7-8H2,1H3. The van der Waals surface area contributed by atoms with Crippen molar-refractivity contribution in [3.05, 3.63) is 54.1 Å². The molecule has 1 unspecified atom stereocenters. The molecule has 0 bridgehead atoms. The molecule has 0 saturated carbocycles. The number of nitro benzene ring substituents is 1. The zero-order valence-corrected chi connectivity index (χ0v) is 18.1. The fourth-order valence-corrected chi connectivity index (χ4v) is 3.59. The van der Waals surface area contributed by atoms with Gasteiger partial charge in [-0.2, -0.15) is 0 Å². The molecule has 17 nitrogen and oxygen atoms in total. The number of carbonyl (C=O) groups is 2. The van der Waals surface area contributed by atoms with E-state index in [-0.39, 0.29) is 5.75 Å². The summed E-state index contributed by atoms with van der Waals surface area (Å²) in [5.74, 6) is -3.12. The maximum atomic E-state index is 12.3. The molecule has 1 aromatic carbocycles. The quantitative estimate of drug-likeness (QED) is 0.0823. The van der Waals surface area contributed by atoms with E-state index < -0.39 is 78.6 Å². The van der Waals surface area contributed by atoms with Crippen LogP contribution in [0.1, 0.15) is 16.8 Å². The number of hydrogen-bond donors (Lipinski definition) is 0. The number of ether oxygens (including phenoxy) is 2. The third-order valence-corrected chi connectivity index (χ3v) is 5.77. The Labute approximate surface area is 187 Å². The number of benzene rings is 1. The molecule has 33 heavy (non-hydrogen) atoms. The van der Waals surface area contributed by atoms with Gasteiger partial charge in [-0.3, -0.25) is 14.9 Å². The van der Waals surface area contributed by atoms with Crippen molar-refractivity contribution in [2.75, 3.05) is 25.2 Å². The van der Waals surface area contributed by atoms with Gasteiger partial charge in [0.05, 0.1) is 11.3 Å². The zero-order valence-electron chi connectivity index (χ0n) is 16.5. The van der Waals surface area contributed by atoms with Crippen LogP contribution in [-0.4, -0.2) is 66.8 Å². The molecule has 0 radical (unpaired) electrons. The van der Waals surface area contributed by atoms with Gasteiger partial charge >= 0.3 is 11.9 Å². The van der Waals surface area contributed by atoms with Crippen molar-refractivity contribution in [2.45, 2.75) is 12.5 Å². The van der Waals surface area contributed by atoms with E-state index in [4.69, 9.17) is 9.47 Å². The summed E-state index contributed by atoms with van der Waals surface area (Å²) in [5, 5.41) is 29.1. The second kappa shape index (κ2) is 12.3. The molecule has 0 amide bonds. The lowest BCUT2D eigenvalue weighted by Gasteiger charge is -2.14. The fourth-order valence-electron chi connectivity index (χ4n) is 2.02. The summed E-state index contributed by atoms with van der Waals surface area (Å²) in [4.78, 5) is 63.3. The van der Waals surface area contributed by atoms with Crippen LogP contribution in [0.2, 0.25) is 0 Å². The van der Waals surface area contributed by atoms with Gasteiger partial charge in [-0.05, 0) is 16.9 Å². The van der Waals surface area contributed by atoms with Crippen molar-refractivity contribution in [1.82, 2.24) is 0 Å². The first-order chi connectivity index (χ1) is 15.3. The Hall–Kier alpha value is -3.74. The molecule has 0 spiro atoms. The van der Waals surface area contributed by atoms with E-state index in [1.54, 1.807) is 0 Å². The van der Waals surface area contributed by atoms with Crippen LogP contribution in [0.15, 0.2) is 18.2 Å². The van der Waals surface area contributed by atoms with Crippen LogP contribution in [0, 0.1) is 30.3 Å². The molecule has 0 heterocycles. The molecular formula is C14H15N3O14S2. The van der Waals surface area contributed by atoms with E-state index >= 15 is 0 Å². The molecule has 0 aliphatic rings. The summed E-state index contributed by atoms with van der Waals surface area (Å²) in [6.07, 6.45) is -1.73. The van der Waals surface area contributed by atoms with E-state index in [2.05, 4.69) is 9.68 Å². The number of rotatable bonds is 14. The number of hydrogen-bond acceptors (Lipinski definition) is 15. The van der Waals surface area contributed by atoms with Gasteiger partial charge in [0.25, 0.3) is 15.9 Å². The highest BCUT2D eigenvalue weighted by Crippen LogP contribution is 2.26. The lowest BCUT2D eigenvalue weighted by molar-refractivity contribution is -0.789. The molecule has 0 aromatic heterocycles. The number of esters is 2. The number of carbonyl (C=O) groups excluding carboxylic acids is 2. The Morgan fingerprint density at radius 2 is 1.79 bits per heavy atom. The molecule has 0 aliphatic carbocycles. The molecule has 1 aromatic rings. The lowest BCUT2D eigenvalue weighted by atomic mass is 10.1. The first kappa shape index (κ1) is 27.3. The van der Waals surface area contributed by atoms with Crippen LogP contribution in [0.5, 0.6) is 5.75 Å². The minimum Gasteiger partial charge on any atom is -0.461 e.